The zero-order valence-corrected chi connectivity index (χ0v) is 18.0. The van der Waals surface area contributed by atoms with Crippen molar-refractivity contribution in [3.63, 3.8) is 0 Å². The van der Waals surface area contributed by atoms with Crippen LogP contribution in [0.2, 0.25) is 0 Å². The van der Waals surface area contributed by atoms with Crippen molar-refractivity contribution in [2.75, 3.05) is 13.1 Å². The molecule has 6 heteroatoms. The number of amides is 1. The molecule has 1 saturated heterocycles. The van der Waals surface area contributed by atoms with Gasteiger partial charge in [-0.15, -0.1) is 0 Å². The van der Waals surface area contributed by atoms with E-state index < -0.39 is 5.91 Å². The Morgan fingerprint density at radius 3 is 2.94 bits per heavy atom. The van der Waals surface area contributed by atoms with E-state index in [1.165, 1.54) is 25.9 Å². The quantitative estimate of drug-likeness (QED) is 0.696. The first-order valence-corrected chi connectivity index (χ1v) is 11.7. The molecule has 4 aliphatic carbocycles. The Bertz CT molecular complexity index is 1070. The predicted molar refractivity (Wildman–Crippen MR) is 118 cm³/mol. The van der Waals surface area contributed by atoms with Crippen molar-refractivity contribution >= 4 is 5.91 Å². The summed E-state index contributed by atoms with van der Waals surface area (Å²) in [6.07, 6.45) is 11.5. The molecule has 5 aliphatic rings. The lowest BCUT2D eigenvalue weighted by atomic mass is 9.56. The Morgan fingerprint density at radius 1 is 1.39 bits per heavy atom. The monoisotopic (exact) mass is 421 g/mol. The fraction of sp³-hybridized carbons (Fsp3) is 0.600. The largest absolute Gasteiger partial charge is 0.508 e. The number of aromatic amines is 1. The number of likely N-dealkylation sites (tertiary alicyclic amines) is 1. The minimum Gasteiger partial charge on any atom is -0.508 e. The number of H-pyrrole nitrogens is 1. The van der Waals surface area contributed by atoms with Crippen LogP contribution in [0.4, 0.5) is 0 Å². The second-order valence-electron chi connectivity index (χ2n) is 10.8. The minimum atomic E-state index is -0.664. The van der Waals surface area contributed by atoms with E-state index in [9.17, 15) is 14.7 Å². The summed E-state index contributed by atoms with van der Waals surface area (Å²) in [7, 11) is 0. The number of hydrogen-bond acceptors (Lipinski definition) is 4. The number of primary amides is 1. The molecule has 1 aliphatic heterocycles. The summed E-state index contributed by atoms with van der Waals surface area (Å²) in [6, 6.07) is 2.31. The Labute approximate surface area is 182 Å². The van der Waals surface area contributed by atoms with Crippen molar-refractivity contribution in [1.29, 1.82) is 0 Å². The molecule has 6 nitrogen and oxygen atoms in total. The number of rotatable bonds is 4. The van der Waals surface area contributed by atoms with Gasteiger partial charge in [0.05, 0.1) is 0 Å². The molecule has 1 amide bonds. The molecule has 3 fully saturated rings. The molecule has 3 unspecified atom stereocenters. The van der Waals surface area contributed by atoms with E-state index in [0.29, 0.717) is 29.6 Å². The van der Waals surface area contributed by atoms with E-state index >= 15 is 0 Å². The zero-order chi connectivity index (χ0) is 21.5. The number of aliphatic hydroxyl groups is 1. The van der Waals surface area contributed by atoms with Crippen molar-refractivity contribution in [3.8, 4) is 0 Å². The van der Waals surface area contributed by atoms with Gasteiger partial charge in [-0.25, -0.2) is 0 Å². The maximum absolute atomic E-state index is 12.5. The second-order valence-corrected chi connectivity index (χ2v) is 10.8. The first-order valence-electron chi connectivity index (χ1n) is 11.7. The van der Waals surface area contributed by atoms with E-state index in [-0.39, 0.29) is 22.5 Å². The standard InChI is InChI=1S/C25H31N3O3/c1-13-2-5-17(29)8-19(13)25-9-16-12-28(11-14-3-4-14)22(16)20(25)7-15-6-18(23(26)30)24(31)27-21(15)10-25/h2,5-6,8,13-14,16,19-20,22,29H,3-4,7,9-12H2,1H3,(H2,26,30)(H,27,31)/t13?,16?,19?,20-,22+,25+/m0/s1. The summed E-state index contributed by atoms with van der Waals surface area (Å²) in [5, 5.41) is 10.4. The molecule has 2 saturated carbocycles. The highest BCUT2D eigenvalue weighted by Crippen LogP contribution is 2.63. The number of nitrogens with two attached hydrogens (primary N) is 1. The van der Waals surface area contributed by atoms with Crippen LogP contribution in [-0.4, -0.2) is 40.0 Å². The van der Waals surface area contributed by atoms with Crippen molar-refractivity contribution < 1.29 is 9.90 Å². The van der Waals surface area contributed by atoms with Gasteiger partial charge in [0.25, 0.3) is 11.5 Å². The van der Waals surface area contributed by atoms with Gasteiger partial charge < -0.3 is 15.8 Å². The Kier molecular flexibility index (Phi) is 4.11. The smallest absolute Gasteiger partial charge is 0.261 e. The third-order valence-corrected chi connectivity index (χ3v) is 8.93. The van der Waals surface area contributed by atoms with Crippen LogP contribution in [0, 0.1) is 35.0 Å². The van der Waals surface area contributed by atoms with E-state index in [1.807, 2.05) is 6.08 Å². The highest BCUT2D eigenvalue weighted by molar-refractivity contribution is 5.92. The van der Waals surface area contributed by atoms with Crippen LogP contribution >= 0.6 is 0 Å². The number of carbonyl (C=O) groups excluding carboxylic acids is 1. The third-order valence-electron chi connectivity index (χ3n) is 8.93. The average Bonchev–Trinajstić information content (AvgIpc) is 3.49. The van der Waals surface area contributed by atoms with Gasteiger partial charge in [-0.2, -0.15) is 0 Å². The first-order chi connectivity index (χ1) is 14.9. The topological polar surface area (TPSA) is 99.4 Å². The molecular weight excluding hydrogens is 390 g/mol. The van der Waals surface area contributed by atoms with Gasteiger partial charge in [0.1, 0.15) is 11.3 Å². The number of aromatic nitrogens is 1. The van der Waals surface area contributed by atoms with Crippen LogP contribution < -0.4 is 11.3 Å². The van der Waals surface area contributed by atoms with E-state index in [1.54, 1.807) is 6.07 Å². The molecule has 0 spiro atoms. The van der Waals surface area contributed by atoms with Gasteiger partial charge in [0, 0.05) is 24.8 Å². The zero-order valence-electron chi connectivity index (χ0n) is 18.0. The highest BCUT2D eigenvalue weighted by Gasteiger charge is 2.64. The normalized spacial score (nSPS) is 38.6. The van der Waals surface area contributed by atoms with Crippen molar-refractivity contribution in [1.82, 2.24) is 9.88 Å². The number of allylic oxidation sites excluding steroid dienone is 3. The number of hydrogen-bond donors (Lipinski definition) is 3. The van der Waals surface area contributed by atoms with Crippen LogP contribution in [0.1, 0.15) is 47.8 Å². The number of aliphatic hydroxyl groups excluding tert-OH is 1. The van der Waals surface area contributed by atoms with Crippen LogP contribution in [0.5, 0.6) is 0 Å². The van der Waals surface area contributed by atoms with Gasteiger partial charge >= 0.3 is 0 Å². The third kappa shape index (κ3) is 2.87. The van der Waals surface area contributed by atoms with Crippen molar-refractivity contribution in [2.24, 2.45) is 40.7 Å². The Hall–Kier alpha value is -2.34. The van der Waals surface area contributed by atoms with Gasteiger partial charge in [-0.3, -0.25) is 14.5 Å². The molecule has 4 N–H and O–H groups in total. The molecule has 2 heterocycles. The van der Waals surface area contributed by atoms with Gasteiger partial charge in [-0.1, -0.05) is 13.0 Å². The van der Waals surface area contributed by atoms with Gasteiger partial charge in [0.15, 0.2) is 0 Å². The predicted octanol–water partition coefficient (Wildman–Crippen LogP) is 2.55. The SMILES string of the molecule is CC1C=CC(O)=CC1[C@@]12Cc3[nH]c(=O)c(C(N)=O)cc3C[C@H]1[C@H]1C(CN1CC1CC1)C2. The summed E-state index contributed by atoms with van der Waals surface area (Å²) in [4.78, 5) is 30.0. The van der Waals surface area contributed by atoms with E-state index in [4.69, 9.17) is 5.73 Å². The molecule has 164 valence electrons. The van der Waals surface area contributed by atoms with Gasteiger partial charge in [-0.05, 0) is 90.9 Å². The van der Waals surface area contributed by atoms with Crippen molar-refractivity contribution in [2.45, 2.75) is 45.1 Å². The van der Waals surface area contributed by atoms with E-state index in [0.717, 1.165) is 36.4 Å². The number of pyridine rings is 1. The summed E-state index contributed by atoms with van der Waals surface area (Å²) in [6.45, 7) is 4.62. The molecule has 0 radical (unpaired) electrons. The average molecular weight is 422 g/mol. The summed E-state index contributed by atoms with van der Waals surface area (Å²) in [5.74, 6) is 2.26. The molecule has 0 aromatic carbocycles. The molecule has 1 aromatic rings. The van der Waals surface area contributed by atoms with E-state index in [2.05, 4.69) is 29.0 Å². The second kappa shape index (κ2) is 6.58. The summed E-state index contributed by atoms with van der Waals surface area (Å²) >= 11 is 0. The lowest BCUT2D eigenvalue weighted by molar-refractivity contribution is -0.00565. The summed E-state index contributed by atoms with van der Waals surface area (Å²) in [5.41, 5.74) is 7.18. The Morgan fingerprint density at radius 2 is 2.19 bits per heavy atom. The molecular formula is C25H31N3O3. The highest BCUT2D eigenvalue weighted by atomic mass is 16.3. The van der Waals surface area contributed by atoms with Crippen LogP contribution in [0.3, 0.4) is 0 Å². The minimum absolute atomic E-state index is 0.00989. The molecule has 31 heavy (non-hydrogen) atoms. The number of nitrogens with one attached hydrogen (secondary N) is 1. The number of fused-ring (bicyclic) bond motifs is 4. The number of nitrogens with zero attached hydrogens (tertiary/aromatic N) is 1. The van der Waals surface area contributed by atoms with Gasteiger partial charge in [0.2, 0.25) is 0 Å². The maximum Gasteiger partial charge on any atom is 0.261 e. The number of carbonyl (C=O) groups is 1. The molecule has 6 atom stereocenters. The molecule has 1 aromatic heterocycles. The molecule has 6 rings (SSSR count). The van der Waals surface area contributed by atoms with Crippen LogP contribution in [0.15, 0.2) is 34.8 Å². The van der Waals surface area contributed by atoms with Crippen LogP contribution in [-0.2, 0) is 12.8 Å². The fourth-order valence-electron chi connectivity index (χ4n) is 7.45. The maximum atomic E-state index is 12.5. The lowest BCUT2D eigenvalue weighted by Crippen LogP contribution is -2.58. The lowest BCUT2D eigenvalue weighted by Gasteiger charge is -2.51. The fourth-order valence-corrected chi connectivity index (χ4v) is 7.45. The first kappa shape index (κ1) is 19.4. The van der Waals surface area contributed by atoms with Crippen LogP contribution in [0.25, 0.3) is 0 Å². The molecule has 0 bridgehead atoms. The Balaban J connectivity index is 1.44. The summed E-state index contributed by atoms with van der Waals surface area (Å²) < 4.78 is 0. The van der Waals surface area contributed by atoms with Crippen molar-refractivity contribution in [3.05, 3.63) is 57.2 Å².